The second kappa shape index (κ2) is 6.01. The van der Waals surface area contributed by atoms with Gasteiger partial charge in [0.2, 0.25) is 6.79 Å². The molecule has 0 spiro atoms. The molecule has 2 aliphatic rings. The van der Waals surface area contributed by atoms with E-state index in [-0.39, 0.29) is 5.25 Å². The molecule has 0 saturated carbocycles. The number of rotatable bonds is 2. The maximum absolute atomic E-state index is 5.62. The molecule has 1 atom stereocenters. The SMILES string of the molecule is c1coc(C2=Nc3ccccc3SC(c3ccc4c(c3)OCO4)C2)c1. The van der Waals surface area contributed by atoms with Gasteiger partial charge in [-0.2, -0.15) is 0 Å². The minimum Gasteiger partial charge on any atom is -0.463 e. The lowest BCUT2D eigenvalue weighted by atomic mass is 10.0. The van der Waals surface area contributed by atoms with E-state index in [0.29, 0.717) is 6.79 Å². The number of nitrogens with zero attached hydrogens (tertiary/aromatic N) is 1. The number of ether oxygens (including phenoxy) is 2. The average molecular weight is 349 g/mol. The molecule has 25 heavy (non-hydrogen) atoms. The number of hydrogen-bond acceptors (Lipinski definition) is 5. The first-order valence-corrected chi connectivity index (χ1v) is 9.01. The predicted octanol–water partition coefficient (Wildman–Crippen LogP) is 5.37. The maximum atomic E-state index is 5.62. The zero-order valence-corrected chi connectivity index (χ0v) is 14.2. The molecule has 3 aromatic rings. The number of benzene rings is 2. The molecule has 2 aliphatic heterocycles. The van der Waals surface area contributed by atoms with E-state index < -0.39 is 0 Å². The first-order chi connectivity index (χ1) is 12.4. The van der Waals surface area contributed by atoms with Crippen molar-refractivity contribution in [2.24, 2.45) is 4.99 Å². The van der Waals surface area contributed by atoms with Crippen LogP contribution >= 0.6 is 11.8 Å². The van der Waals surface area contributed by atoms with Gasteiger partial charge in [-0.1, -0.05) is 18.2 Å². The Morgan fingerprint density at radius 2 is 1.88 bits per heavy atom. The summed E-state index contributed by atoms with van der Waals surface area (Å²) in [6.45, 7) is 0.290. The fourth-order valence-corrected chi connectivity index (χ4v) is 4.33. The summed E-state index contributed by atoms with van der Waals surface area (Å²) < 4.78 is 16.6. The molecule has 0 saturated heterocycles. The van der Waals surface area contributed by atoms with E-state index in [1.54, 1.807) is 6.26 Å². The summed E-state index contributed by atoms with van der Waals surface area (Å²) in [6, 6.07) is 18.3. The van der Waals surface area contributed by atoms with Crippen LogP contribution in [0.5, 0.6) is 11.5 Å². The molecular formula is C20H15NO3S. The van der Waals surface area contributed by atoms with Crippen LogP contribution < -0.4 is 9.47 Å². The van der Waals surface area contributed by atoms with E-state index in [0.717, 1.165) is 35.1 Å². The van der Waals surface area contributed by atoms with Crippen molar-refractivity contribution in [1.82, 2.24) is 0 Å². The van der Waals surface area contributed by atoms with Crippen molar-refractivity contribution in [2.75, 3.05) is 6.79 Å². The number of hydrogen-bond donors (Lipinski definition) is 0. The van der Waals surface area contributed by atoms with Crippen molar-refractivity contribution >= 4 is 23.2 Å². The van der Waals surface area contributed by atoms with Crippen molar-refractivity contribution in [1.29, 1.82) is 0 Å². The normalized spacial score (nSPS) is 18.4. The molecule has 0 N–H and O–H groups in total. The standard InChI is InChI=1S/C20H15NO3S/c1-2-6-19-14(4-1)21-15(16-5-3-9-22-16)11-20(25-19)13-7-8-17-18(10-13)24-12-23-17/h1-10,20H,11-12H2. The van der Waals surface area contributed by atoms with Gasteiger partial charge in [0.05, 0.1) is 17.7 Å². The van der Waals surface area contributed by atoms with E-state index in [1.807, 2.05) is 42.1 Å². The third-order valence-electron chi connectivity index (χ3n) is 4.34. The van der Waals surface area contributed by atoms with Gasteiger partial charge in [-0.25, -0.2) is 4.99 Å². The highest BCUT2D eigenvalue weighted by Gasteiger charge is 2.25. The van der Waals surface area contributed by atoms with Crippen molar-refractivity contribution in [2.45, 2.75) is 16.6 Å². The largest absolute Gasteiger partial charge is 0.463 e. The summed E-state index contributed by atoms with van der Waals surface area (Å²) in [5.41, 5.74) is 3.15. The molecule has 0 aliphatic carbocycles. The Balaban J connectivity index is 1.58. The van der Waals surface area contributed by atoms with Gasteiger partial charge in [-0.05, 0) is 42.0 Å². The number of furan rings is 1. The van der Waals surface area contributed by atoms with E-state index >= 15 is 0 Å². The summed E-state index contributed by atoms with van der Waals surface area (Å²) in [5, 5.41) is 0.224. The number of fused-ring (bicyclic) bond motifs is 2. The summed E-state index contributed by atoms with van der Waals surface area (Å²) in [7, 11) is 0. The monoisotopic (exact) mass is 349 g/mol. The third kappa shape index (κ3) is 2.70. The molecular weight excluding hydrogens is 334 g/mol. The Morgan fingerprint density at radius 3 is 2.80 bits per heavy atom. The number of aliphatic imine (C=N–C) groups is 1. The van der Waals surface area contributed by atoms with E-state index in [4.69, 9.17) is 18.9 Å². The highest BCUT2D eigenvalue weighted by molar-refractivity contribution is 7.99. The molecule has 1 unspecified atom stereocenters. The minimum absolute atomic E-state index is 0.224. The molecule has 4 nitrogen and oxygen atoms in total. The Morgan fingerprint density at radius 1 is 0.960 bits per heavy atom. The molecule has 0 bridgehead atoms. The van der Waals surface area contributed by atoms with Crippen molar-refractivity contribution in [3.63, 3.8) is 0 Å². The van der Waals surface area contributed by atoms with Gasteiger partial charge in [0.15, 0.2) is 11.5 Å². The molecule has 0 fully saturated rings. The van der Waals surface area contributed by atoms with Crippen molar-refractivity contribution in [3.8, 4) is 11.5 Å². The number of para-hydroxylation sites is 1. The van der Waals surface area contributed by atoms with Crippen LogP contribution in [0.1, 0.15) is 23.0 Å². The summed E-state index contributed by atoms with van der Waals surface area (Å²) >= 11 is 1.82. The van der Waals surface area contributed by atoms with Gasteiger partial charge in [0.25, 0.3) is 0 Å². The fourth-order valence-electron chi connectivity index (χ4n) is 3.11. The Bertz CT molecular complexity index is 949. The zero-order chi connectivity index (χ0) is 16.6. The van der Waals surface area contributed by atoms with Crippen LogP contribution in [0.4, 0.5) is 5.69 Å². The molecule has 5 rings (SSSR count). The lowest BCUT2D eigenvalue weighted by molar-refractivity contribution is 0.174. The lowest BCUT2D eigenvalue weighted by Crippen LogP contribution is -2.04. The Kier molecular flexibility index (Phi) is 3.52. The Labute approximate surface area is 149 Å². The van der Waals surface area contributed by atoms with Crippen LogP contribution in [0, 0.1) is 0 Å². The molecule has 124 valence electrons. The summed E-state index contributed by atoms with van der Waals surface area (Å²) in [6.07, 6.45) is 2.48. The fraction of sp³-hybridized carbons (Fsp3) is 0.150. The topological polar surface area (TPSA) is 44.0 Å². The van der Waals surface area contributed by atoms with Gasteiger partial charge in [-0.15, -0.1) is 11.8 Å². The van der Waals surface area contributed by atoms with Gasteiger partial charge in [-0.3, -0.25) is 0 Å². The minimum atomic E-state index is 0.224. The van der Waals surface area contributed by atoms with Crippen molar-refractivity contribution in [3.05, 3.63) is 72.2 Å². The van der Waals surface area contributed by atoms with Gasteiger partial charge in [0.1, 0.15) is 5.76 Å². The average Bonchev–Trinajstić information content (AvgIpc) is 3.29. The van der Waals surface area contributed by atoms with E-state index in [9.17, 15) is 0 Å². The van der Waals surface area contributed by atoms with Gasteiger partial charge >= 0.3 is 0 Å². The summed E-state index contributed by atoms with van der Waals surface area (Å²) in [5.74, 6) is 2.44. The highest BCUT2D eigenvalue weighted by Crippen LogP contribution is 2.47. The molecule has 0 amide bonds. The third-order valence-corrected chi connectivity index (χ3v) is 5.67. The quantitative estimate of drug-likeness (QED) is 0.624. The molecule has 3 heterocycles. The predicted molar refractivity (Wildman–Crippen MR) is 97.1 cm³/mol. The van der Waals surface area contributed by atoms with Gasteiger partial charge < -0.3 is 13.9 Å². The first-order valence-electron chi connectivity index (χ1n) is 8.13. The van der Waals surface area contributed by atoms with E-state index in [2.05, 4.69) is 24.3 Å². The second-order valence-corrected chi connectivity index (χ2v) is 7.17. The molecule has 0 radical (unpaired) electrons. The van der Waals surface area contributed by atoms with E-state index in [1.165, 1.54) is 10.5 Å². The van der Waals surface area contributed by atoms with Crippen LogP contribution in [0.3, 0.4) is 0 Å². The van der Waals surface area contributed by atoms with Crippen LogP contribution in [0.15, 0.2) is 75.2 Å². The zero-order valence-electron chi connectivity index (χ0n) is 13.3. The Hall–Kier alpha value is -2.66. The highest BCUT2D eigenvalue weighted by atomic mass is 32.2. The van der Waals surface area contributed by atoms with Crippen LogP contribution in [-0.2, 0) is 0 Å². The van der Waals surface area contributed by atoms with Crippen LogP contribution in [0.2, 0.25) is 0 Å². The lowest BCUT2D eigenvalue weighted by Gasteiger charge is -2.16. The number of thioether (sulfide) groups is 1. The maximum Gasteiger partial charge on any atom is 0.231 e. The van der Waals surface area contributed by atoms with Crippen LogP contribution in [0.25, 0.3) is 0 Å². The van der Waals surface area contributed by atoms with Gasteiger partial charge in [0, 0.05) is 16.6 Å². The van der Waals surface area contributed by atoms with Crippen molar-refractivity contribution < 1.29 is 13.9 Å². The molecule has 2 aromatic carbocycles. The first kappa shape index (κ1) is 14.7. The molecule has 1 aromatic heterocycles. The second-order valence-electron chi connectivity index (χ2n) is 5.93. The smallest absolute Gasteiger partial charge is 0.231 e. The summed E-state index contributed by atoms with van der Waals surface area (Å²) in [4.78, 5) is 6.05. The molecule has 5 heteroatoms. The van der Waals surface area contributed by atoms with Crippen LogP contribution in [-0.4, -0.2) is 12.5 Å².